The van der Waals surface area contributed by atoms with E-state index in [4.69, 9.17) is 4.74 Å². The maximum absolute atomic E-state index is 4.71. The minimum atomic E-state index is -0.667. The fourth-order valence-corrected chi connectivity index (χ4v) is 0.0962. The molecule has 1 saturated heterocycles. The number of ether oxygens (including phenoxy) is 1. The van der Waals surface area contributed by atoms with Crippen molar-refractivity contribution < 1.29 is 4.74 Å². The molecule has 1 heterocycles. The number of hydrogen-bond acceptors (Lipinski definition) is 1. The number of epoxide rings is 1. The van der Waals surface area contributed by atoms with Crippen LogP contribution in [-0.4, -0.2) is 42.3 Å². The first-order valence-electron chi connectivity index (χ1n) is 2.51. The molecule has 1 fully saturated rings. The van der Waals surface area contributed by atoms with Crippen LogP contribution in [0.1, 0.15) is 6.92 Å². The van der Waals surface area contributed by atoms with E-state index in [2.05, 4.69) is 30.1 Å². The minimum Gasteiger partial charge on any atom is -0.373 e. The Labute approximate surface area is 54.8 Å². The summed E-state index contributed by atoms with van der Waals surface area (Å²) in [6.07, 6.45) is -0.0833. The summed E-state index contributed by atoms with van der Waals surface area (Å²) < 4.78 is 4.71. The zero-order valence-corrected chi connectivity index (χ0v) is 5.00. The molecule has 0 aromatic rings. The van der Waals surface area contributed by atoms with Gasteiger partial charge >= 0.3 is 0 Å². The molecule has 36 valence electrons. The van der Waals surface area contributed by atoms with Crippen LogP contribution in [0.2, 0.25) is 0 Å². The maximum Gasteiger partial charge on any atom is 0.0781 e. The quantitative estimate of drug-likeness (QED) is 0.278. The van der Waals surface area contributed by atoms with Gasteiger partial charge in [-0.05, 0) is 6.92 Å². The summed E-state index contributed by atoms with van der Waals surface area (Å²) in [4.78, 5) is 0. The van der Waals surface area contributed by atoms with Gasteiger partial charge in [-0.15, -0.1) is 0 Å². The second-order valence-electron chi connectivity index (χ2n) is 1.72. The molecule has 0 aromatic carbocycles. The van der Waals surface area contributed by atoms with E-state index in [0.717, 1.165) is 6.61 Å². The molecule has 0 saturated carbocycles. The molecule has 1 aliphatic heterocycles. The molecule has 1 rings (SSSR count). The molecular weight excluding hydrogens is 95.3 g/mol. The monoisotopic (exact) mass is 102 g/mol. The van der Waals surface area contributed by atoms with Crippen LogP contribution >= 0.6 is 0 Å². The summed E-state index contributed by atoms with van der Waals surface area (Å²) in [6.45, 7) is 3.04. The number of rotatable bonds is 0. The summed E-state index contributed by atoms with van der Waals surface area (Å²) >= 11 is 0. The summed E-state index contributed by atoms with van der Waals surface area (Å²) in [7, 11) is 14.0. The predicted molar refractivity (Wildman–Crippen MR) is 38.4 cm³/mol. The number of hydrogen-bond donors (Lipinski definition) is 0. The van der Waals surface area contributed by atoms with Crippen molar-refractivity contribution in [1.29, 1.82) is 0 Å². The Bertz CT molecular complexity index is 50.5. The highest BCUT2D eigenvalue weighted by atomic mass is 16.6. The fraction of sp³-hybridized carbons (Fsp3) is 1.00. The lowest BCUT2D eigenvalue weighted by Gasteiger charge is -1.73. The molecule has 1 aliphatic rings. The van der Waals surface area contributed by atoms with E-state index >= 15 is 0 Å². The van der Waals surface area contributed by atoms with Gasteiger partial charge in [0.25, 0.3) is 0 Å². The molecule has 0 spiro atoms. The van der Waals surface area contributed by atoms with Crippen molar-refractivity contribution in [1.82, 2.24) is 0 Å². The van der Waals surface area contributed by atoms with Gasteiger partial charge < -0.3 is 4.74 Å². The lowest BCUT2D eigenvalue weighted by molar-refractivity contribution is 0.423. The first-order valence-corrected chi connectivity index (χ1v) is 2.51. The van der Waals surface area contributed by atoms with Gasteiger partial charge in [-0.25, -0.2) is 0 Å². The third kappa shape index (κ3) is 16.3. The summed E-state index contributed by atoms with van der Waals surface area (Å²) in [6, 6.07) is 0. The first-order chi connectivity index (χ1) is 3.63. The van der Waals surface area contributed by atoms with Crippen molar-refractivity contribution in [3.8, 4) is 0 Å². The Hall–Kier alpha value is 0.220. The molecule has 0 bridgehead atoms. The van der Waals surface area contributed by atoms with Crippen molar-refractivity contribution >= 4 is 29.6 Å². The fourth-order valence-electron chi connectivity index (χ4n) is 0.0962. The molecule has 1 atom stereocenters. The van der Waals surface area contributed by atoms with E-state index < -0.39 is 6.39 Å². The summed E-state index contributed by atoms with van der Waals surface area (Å²) in [5, 5.41) is 0. The van der Waals surface area contributed by atoms with E-state index in [9.17, 15) is 0 Å². The Morgan fingerprint density at radius 1 is 1.50 bits per heavy atom. The van der Waals surface area contributed by atoms with Crippen molar-refractivity contribution in [2.45, 2.75) is 13.0 Å². The zero-order chi connectivity index (χ0) is 6.57. The highest BCUT2D eigenvalue weighted by molar-refractivity contribution is 7.49. The van der Waals surface area contributed by atoms with Gasteiger partial charge in [0.05, 0.1) is 12.7 Å². The Balaban J connectivity index is 0.000000122. The second kappa shape index (κ2) is 4.13. The van der Waals surface area contributed by atoms with Crippen LogP contribution in [0.3, 0.4) is 0 Å². The van der Waals surface area contributed by atoms with E-state index in [1.54, 1.807) is 0 Å². The molecule has 6 radical (unpaired) electrons. The minimum absolute atomic E-state index is 0.583. The largest absolute Gasteiger partial charge is 0.373 e. The van der Waals surface area contributed by atoms with Gasteiger partial charge in [0, 0.05) is 29.6 Å². The highest BCUT2D eigenvalue weighted by Gasteiger charge is 2.13. The maximum atomic E-state index is 4.71. The average molecular weight is 101 g/mol. The lowest BCUT2D eigenvalue weighted by Crippen LogP contribution is -2.11. The Morgan fingerprint density at radius 2 is 1.62 bits per heavy atom. The zero-order valence-electron chi connectivity index (χ0n) is 5.00. The van der Waals surface area contributed by atoms with E-state index in [1.807, 2.05) is 0 Å². The molecule has 0 N–H and O–H groups in total. The van der Waals surface area contributed by atoms with Crippen LogP contribution in [0.4, 0.5) is 0 Å². The van der Waals surface area contributed by atoms with E-state index in [1.165, 1.54) is 0 Å². The lowest BCUT2D eigenvalue weighted by atomic mass is 9.08. The van der Waals surface area contributed by atoms with Crippen LogP contribution in [0.25, 0.3) is 0 Å². The van der Waals surface area contributed by atoms with Gasteiger partial charge in [0.1, 0.15) is 0 Å². The summed E-state index contributed by atoms with van der Waals surface area (Å²) in [5.41, 5.74) is 0. The highest BCUT2D eigenvalue weighted by Crippen LogP contribution is 2.04. The van der Waals surface area contributed by atoms with Crippen LogP contribution in [0, 0.1) is 0 Å². The standard InChI is InChI=1S/C3H6O.B4/c1-3-2-4-3;1-4(2)3/h3H,2H2,1H3;. The van der Waals surface area contributed by atoms with Crippen molar-refractivity contribution in [2.24, 2.45) is 0 Å². The third-order valence-corrected chi connectivity index (χ3v) is 0.500. The Kier molecular flexibility index (Phi) is 4.25. The smallest absolute Gasteiger partial charge is 0.0781 e. The SMILES string of the molecule is CC1CO1.[B]B([B])[B]. The van der Waals surface area contributed by atoms with Crippen molar-refractivity contribution in [3.05, 3.63) is 0 Å². The van der Waals surface area contributed by atoms with Gasteiger partial charge in [0.2, 0.25) is 0 Å². The van der Waals surface area contributed by atoms with E-state index in [-0.39, 0.29) is 0 Å². The predicted octanol–water partition coefficient (Wildman–Crippen LogP) is -1.12. The molecule has 5 heteroatoms. The van der Waals surface area contributed by atoms with Gasteiger partial charge in [0.15, 0.2) is 0 Å². The summed E-state index contributed by atoms with van der Waals surface area (Å²) in [5.74, 6) is 0. The average Bonchev–Trinajstić information content (AvgIpc) is 2.19. The van der Waals surface area contributed by atoms with Gasteiger partial charge in [-0.1, -0.05) is 0 Å². The third-order valence-electron chi connectivity index (χ3n) is 0.500. The molecule has 0 aliphatic carbocycles. The Morgan fingerprint density at radius 3 is 1.62 bits per heavy atom. The first kappa shape index (κ1) is 8.22. The van der Waals surface area contributed by atoms with Crippen molar-refractivity contribution in [3.63, 3.8) is 0 Å². The molecule has 0 aromatic heterocycles. The van der Waals surface area contributed by atoms with Gasteiger partial charge in [-0.3, -0.25) is 0 Å². The molecule has 0 amide bonds. The molecule has 8 heavy (non-hydrogen) atoms. The van der Waals surface area contributed by atoms with Crippen LogP contribution < -0.4 is 0 Å². The van der Waals surface area contributed by atoms with Crippen LogP contribution in [0.5, 0.6) is 0 Å². The van der Waals surface area contributed by atoms with Gasteiger partial charge in [-0.2, -0.15) is 0 Å². The van der Waals surface area contributed by atoms with Crippen LogP contribution in [-0.2, 0) is 4.74 Å². The molecule has 1 nitrogen and oxygen atoms in total. The molecule has 1 unspecified atom stereocenters. The van der Waals surface area contributed by atoms with Crippen molar-refractivity contribution in [2.75, 3.05) is 6.61 Å². The normalized spacial score (nSPS) is 22.9. The van der Waals surface area contributed by atoms with E-state index in [0.29, 0.717) is 6.10 Å². The second-order valence-corrected chi connectivity index (χ2v) is 1.72. The van der Waals surface area contributed by atoms with Crippen LogP contribution in [0.15, 0.2) is 0 Å². The molecular formula is C3H6B4O. The topological polar surface area (TPSA) is 12.5 Å².